The van der Waals surface area contributed by atoms with Gasteiger partial charge in [0.25, 0.3) is 5.91 Å². The van der Waals surface area contributed by atoms with Crippen LogP contribution in [0.5, 0.6) is 5.75 Å². The number of amides is 3. The predicted octanol–water partition coefficient (Wildman–Crippen LogP) is 4.96. The fourth-order valence-electron chi connectivity index (χ4n) is 2.35. The summed E-state index contributed by atoms with van der Waals surface area (Å²) in [4.78, 5) is 38.2. The summed E-state index contributed by atoms with van der Waals surface area (Å²) in [5.74, 6) is 0.724. The molecule has 0 fully saturated rings. The largest absolute Gasteiger partial charge is 0.484 e. The van der Waals surface area contributed by atoms with Gasteiger partial charge in [-0.1, -0.05) is 6.07 Å². The van der Waals surface area contributed by atoms with Crippen LogP contribution in [0.15, 0.2) is 51.0 Å². The van der Waals surface area contributed by atoms with Crippen LogP contribution in [0.4, 0.5) is 15.6 Å². The van der Waals surface area contributed by atoms with Crippen molar-refractivity contribution in [2.24, 2.45) is 10.7 Å². The van der Waals surface area contributed by atoms with Gasteiger partial charge < -0.3 is 15.8 Å². The van der Waals surface area contributed by atoms with Crippen molar-refractivity contribution in [3.05, 3.63) is 51.7 Å². The first-order chi connectivity index (χ1) is 16.2. The first kappa shape index (κ1) is 25.7. The van der Waals surface area contributed by atoms with Crippen molar-refractivity contribution < 1.29 is 19.2 Å². The Morgan fingerprint density at radius 1 is 1.24 bits per heavy atom. The number of carbonyl (C=O) groups is 2. The van der Waals surface area contributed by atoms with Gasteiger partial charge in [0.15, 0.2) is 11.7 Å². The number of carbonyl (C=O) groups excluding carboxylic acids is 2. The molecule has 0 atom stereocenters. The lowest BCUT2D eigenvalue weighted by Crippen LogP contribution is -2.31. The van der Waals surface area contributed by atoms with E-state index in [2.05, 4.69) is 20.8 Å². The van der Waals surface area contributed by atoms with E-state index in [9.17, 15) is 9.59 Å². The molecule has 34 heavy (non-hydrogen) atoms. The number of thiophene rings is 1. The molecule has 180 valence electrons. The number of hydrogen-bond donors (Lipinski definition) is 3. The molecular weight excluding hydrogens is 494 g/mol. The zero-order valence-corrected chi connectivity index (χ0v) is 21.3. The fourth-order valence-corrected chi connectivity index (χ4v) is 4.98. The van der Waals surface area contributed by atoms with Gasteiger partial charge in [0, 0.05) is 44.3 Å². The molecular formula is C22H25N5O4S3. The molecule has 0 saturated carbocycles. The predicted molar refractivity (Wildman–Crippen MR) is 137 cm³/mol. The van der Waals surface area contributed by atoms with Crippen molar-refractivity contribution in [2.75, 3.05) is 11.9 Å². The zero-order chi connectivity index (χ0) is 24.6. The summed E-state index contributed by atoms with van der Waals surface area (Å²) >= 11 is 4.65. The first-order valence-electron chi connectivity index (χ1n) is 10.1. The second kappa shape index (κ2) is 12.0. The van der Waals surface area contributed by atoms with Gasteiger partial charge in [-0.15, -0.1) is 34.4 Å². The number of aromatic nitrogens is 1. The second-order valence-electron chi connectivity index (χ2n) is 7.91. The molecule has 4 N–H and O–H groups in total. The van der Waals surface area contributed by atoms with E-state index < -0.39 is 17.5 Å². The summed E-state index contributed by atoms with van der Waals surface area (Å²) in [6.45, 7) is 5.34. The van der Waals surface area contributed by atoms with Crippen LogP contribution in [0.1, 0.15) is 31.3 Å². The highest BCUT2D eigenvalue weighted by atomic mass is 32.2. The van der Waals surface area contributed by atoms with Crippen molar-refractivity contribution in [3.63, 3.8) is 0 Å². The Balaban J connectivity index is 1.48. The van der Waals surface area contributed by atoms with Crippen molar-refractivity contribution in [3.8, 4) is 5.75 Å². The Morgan fingerprint density at radius 3 is 2.82 bits per heavy atom. The molecule has 3 rings (SSSR count). The maximum absolute atomic E-state index is 11.7. The molecule has 0 aliphatic heterocycles. The third-order valence-electron chi connectivity index (χ3n) is 3.75. The number of nitrogens with zero attached hydrogens (tertiary/aromatic N) is 2. The smallest absolute Gasteiger partial charge is 0.364 e. The Labute approximate surface area is 209 Å². The number of aliphatic imine (C=N–C) groups is 1. The average molecular weight is 520 g/mol. The fraction of sp³-hybridized carbons (Fsp3) is 0.273. The molecule has 0 radical (unpaired) electrons. The van der Waals surface area contributed by atoms with E-state index >= 15 is 0 Å². The van der Waals surface area contributed by atoms with Gasteiger partial charge in [-0.2, -0.15) is 4.99 Å². The van der Waals surface area contributed by atoms with Gasteiger partial charge in [0.2, 0.25) is 0 Å². The summed E-state index contributed by atoms with van der Waals surface area (Å²) in [6, 6.07) is 8.66. The number of primary amides is 1. The van der Waals surface area contributed by atoms with Crippen LogP contribution < -0.4 is 21.3 Å². The van der Waals surface area contributed by atoms with Crippen LogP contribution in [0, 0.1) is 0 Å². The van der Waals surface area contributed by atoms with E-state index in [0.29, 0.717) is 11.5 Å². The van der Waals surface area contributed by atoms with E-state index in [0.717, 1.165) is 26.3 Å². The van der Waals surface area contributed by atoms with E-state index in [1.165, 1.54) is 28.9 Å². The maximum atomic E-state index is 11.7. The molecule has 2 aromatic heterocycles. The summed E-state index contributed by atoms with van der Waals surface area (Å²) < 4.78 is 5.32. The Kier molecular flexibility index (Phi) is 9.05. The standard InChI is InChI=1S/C22H25N5O4S3/c1-22(2,3)31-27-20(29)24-9-17-8-18(13-33-17)32-11-15-12-34-21(26-15)25-14-5-4-6-16(7-14)30-10-19(23)28/h4-9,12-13H,10-11H2,1-3H3,(H2,23,28)(H,25,26)(H,27,29). The number of nitrogens with one attached hydrogen (secondary N) is 2. The highest BCUT2D eigenvalue weighted by Crippen LogP contribution is 2.29. The van der Waals surface area contributed by atoms with E-state index in [-0.39, 0.29) is 6.61 Å². The van der Waals surface area contributed by atoms with Crippen molar-refractivity contribution in [2.45, 2.75) is 37.0 Å². The Morgan fingerprint density at radius 2 is 2.06 bits per heavy atom. The molecule has 0 bridgehead atoms. The molecule has 12 heteroatoms. The molecule has 3 amide bonds. The number of benzene rings is 1. The number of urea groups is 1. The van der Waals surface area contributed by atoms with Crippen molar-refractivity contribution in [1.82, 2.24) is 10.5 Å². The Hall–Kier alpha value is -2.93. The molecule has 3 aromatic rings. The number of ether oxygens (including phenoxy) is 1. The zero-order valence-electron chi connectivity index (χ0n) is 18.9. The van der Waals surface area contributed by atoms with Crippen LogP contribution in [0.3, 0.4) is 0 Å². The summed E-state index contributed by atoms with van der Waals surface area (Å²) in [5.41, 5.74) is 8.68. The van der Waals surface area contributed by atoms with E-state index in [4.69, 9.17) is 15.3 Å². The molecule has 0 aliphatic rings. The summed E-state index contributed by atoms with van der Waals surface area (Å²) in [5, 5.41) is 8.00. The van der Waals surface area contributed by atoms with Crippen LogP contribution in [0.25, 0.3) is 0 Å². The SMILES string of the molecule is CC(C)(C)ONC(=O)N=Cc1cc(SCc2csc(Nc3cccc(OCC(N)=O)c3)n2)cs1. The second-order valence-corrected chi connectivity index (χ2v) is 10.8. The van der Waals surface area contributed by atoms with Gasteiger partial charge in [0.1, 0.15) is 5.75 Å². The molecule has 0 unspecified atom stereocenters. The quantitative estimate of drug-likeness (QED) is 0.196. The number of nitrogens with two attached hydrogens (primary N) is 1. The van der Waals surface area contributed by atoms with Gasteiger partial charge in [0.05, 0.1) is 11.3 Å². The Bertz CT molecular complexity index is 1150. The van der Waals surface area contributed by atoms with Gasteiger partial charge in [-0.25, -0.2) is 15.3 Å². The van der Waals surface area contributed by atoms with Crippen LogP contribution in [0.2, 0.25) is 0 Å². The maximum Gasteiger partial charge on any atom is 0.364 e. The van der Waals surface area contributed by atoms with Crippen LogP contribution in [-0.4, -0.2) is 35.3 Å². The first-order valence-corrected chi connectivity index (χ1v) is 12.9. The van der Waals surface area contributed by atoms with Crippen LogP contribution in [-0.2, 0) is 15.4 Å². The minimum atomic E-state index is -0.551. The lowest BCUT2D eigenvalue weighted by Gasteiger charge is -2.17. The van der Waals surface area contributed by atoms with Crippen molar-refractivity contribution in [1.29, 1.82) is 0 Å². The number of hydroxylamine groups is 1. The number of anilines is 2. The molecule has 0 spiro atoms. The molecule has 9 nitrogen and oxygen atoms in total. The number of rotatable bonds is 10. The number of thioether (sulfide) groups is 1. The van der Waals surface area contributed by atoms with Gasteiger partial charge in [-0.05, 0) is 39.0 Å². The van der Waals surface area contributed by atoms with Crippen LogP contribution >= 0.6 is 34.4 Å². The lowest BCUT2D eigenvalue weighted by molar-refractivity contribution is -0.119. The van der Waals surface area contributed by atoms with Gasteiger partial charge in [-0.3, -0.25) is 9.63 Å². The normalized spacial score (nSPS) is 11.5. The average Bonchev–Trinajstić information content (AvgIpc) is 3.42. The van der Waals surface area contributed by atoms with Crippen molar-refractivity contribution >= 4 is 63.4 Å². The number of hydrogen-bond acceptors (Lipinski definition) is 9. The highest BCUT2D eigenvalue weighted by Gasteiger charge is 2.12. The summed E-state index contributed by atoms with van der Waals surface area (Å²) in [7, 11) is 0. The molecule has 1 aromatic carbocycles. The molecule has 0 saturated heterocycles. The summed E-state index contributed by atoms with van der Waals surface area (Å²) in [6.07, 6.45) is 1.52. The minimum absolute atomic E-state index is 0.170. The highest BCUT2D eigenvalue weighted by molar-refractivity contribution is 7.98. The minimum Gasteiger partial charge on any atom is -0.484 e. The third-order valence-corrected chi connectivity index (χ3v) is 6.59. The monoisotopic (exact) mass is 519 g/mol. The topological polar surface area (TPSA) is 128 Å². The molecule has 0 aliphatic carbocycles. The lowest BCUT2D eigenvalue weighted by atomic mass is 10.2. The van der Waals surface area contributed by atoms with Gasteiger partial charge >= 0.3 is 6.03 Å². The van der Waals surface area contributed by atoms with E-state index in [1.54, 1.807) is 23.9 Å². The third kappa shape index (κ3) is 9.14. The number of thiazole rings is 1. The molecule has 2 heterocycles. The van der Waals surface area contributed by atoms with E-state index in [1.807, 2.05) is 49.7 Å².